The van der Waals surface area contributed by atoms with Crippen LogP contribution in [0.4, 0.5) is 0 Å². The van der Waals surface area contributed by atoms with Crippen LogP contribution >= 0.6 is 7.82 Å². The summed E-state index contributed by atoms with van der Waals surface area (Å²) < 4.78 is 33.7. The molecule has 0 aliphatic rings. The van der Waals surface area contributed by atoms with Crippen molar-refractivity contribution in [3.05, 3.63) is 60.8 Å². The topological polar surface area (TPSA) is 111 Å². The Morgan fingerprint density at radius 3 is 1.65 bits per heavy atom. The summed E-state index contributed by atoms with van der Waals surface area (Å²) in [6.45, 7) is 4.00. The Hall–Kier alpha value is -2.29. The van der Waals surface area contributed by atoms with E-state index in [1.54, 1.807) is 0 Å². The van der Waals surface area contributed by atoms with Crippen molar-refractivity contribution in [2.24, 2.45) is 0 Å². The van der Waals surface area contributed by atoms with Gasteiger partial charge in [0.15, 0.2) is 6.10 Å². The lowest BCUT2D eigenvalue weighted by molar-refractivity contribution is -0.870. The number of allylic oxidation sites excluding steroid dienone is 10. The summed E-state index contributed by atoms with van der Waals surface area (Å²) in [5, 5.41) is 0. The lowest BCUT2D eigenvalue weighted by Gasteiger charge is -2.28. The van der Waals surface area contributed by atoms with Gasteiger partial charge >= 0.3 is 11.9 Å². The van der Waals surface area contributed by atoms with Crippen LogP contribution in [0.3, 0.4) is 0 Å². The summed E-state index contributed by atoms with van der Waals surface area (Å²) in [6.07, 6.45) is 39.6. The lowest BCUT2D eigenvalue weighted by atomic mass is 10.1. The number of phosphoric ester groups is 1. The Kier molecular flexibility index (Phi) is 33.0. The van der Waals surface area contributed by atoms with Crippen LogP contribution in [0.25, 0.3) is 0 Å². The van der Waals surface area contributed by atoms with E-state index >= 15 is 0 Å². The highest BCUT2D eigenvalue weighted by atomic mass is 31.2. The Morgan fingerprint density at radius 2 is 1.10 bits per heavy atom. The van der Waals surface area contributed by atoms with Crippen LogP contribution in [0.5, 0.6) is 0 Å². The van der Waals surface area contributed by atoms with Gasteiger partial charge in [-0.05, 0) is 77.0 Å². The summed E-state index contributed by atoms with van der Waals surface area (Å²) in [5.41, 5.74) is 0. The number of hydrogen-bond donors (Lipinski definition) is 0. The molecule has 0 heterocycles. The average Bonchev–Trinajstić information content (AvgIpc) is 3.09. The van der Waals surface area contributed by atoms with Crippen LogP contribution in [0.15, 0.2) is 60.8 Å². The molecule has 2 atom stereocenters. The molecule has 0 aliphatic carbocycles. The van der Waals surface area contributed by atoms with Crippen LogP contribution in [0.2, 0.25) is 0 Å². The van der Waals surface area contributed by atoms with Gasteiger partial charge in [0.05, 0.1) is 27.7 Å². The van der Waals surface area contributed by atoms with Gasteiger partial charge in [0, 0.05) is 12.8 Å². The fourth-order valence-electron chi connectivity index (χ4n) is 4.87. The fourth-order valence-corrected chi connectivity index (χ4v) is 5.60. The second-order valence-corrected chi connectivity index (χ2v) is 15.7. The number of nitrogens with zero attached hydrogens (tertiary/aromatic N) is 1. The summed E-state index contributed by atoms with van der Waals surface area (Å²) in [4.78, 5) is 37.4. The van der Waals surface area contributed by atoms with Gasteiger partial charge in [0.2, 0.25) is 0 Å². The zero-order valence-electron chi connectivity index (χ0n) is 33.5. The molecule has 0 saturated carbocycles. The molecular formula is C42H74NO8P. The highest BCUT2D eigenvalue weighted by Gasteiger charge is 2.21. The second-order valence-electron chi connectivity index (χ2n) is 14.3. The van der Waals surface area contributed by atoms with Gasteiger partial charge in [-0.2, -0.15) is 0 Å². The average molecular weight is 752 g/mol. The third-order valence-corrected chi connectivity index (χ3v) is 8.99. The van der Waals surface area contributed by atoms with E-state index in [1.165, 1.54) is 25.7 Å². The molecule has 52 heavy (non-hydrogen) atoms. The molecule has 9 nitrogen and oxygen atoms in total. The summed E-state index contributed by atoms with van der Waals surface area (Å²) in [7, 11) is 1.12. The first-order valence-corrected chi connectivity index (χ1v) is 21.5. The van der Waals surface area contributed by atoms with Crippen molar-refractivity contribution >= 4 is 19.8 Å². The molecular weight excluding hydrogens is 677 g/mol. The molecule has 0 aromatic heterocycles. The summed E-state index contributed by atoms with van der Waals surface area (Å²) >= 11 is 0. The van der Waals surface area contributed by atoms with E-state index in [9.17, 15) is 19.0 Å². The molecule has 0 N–H and O–H groups in total. The highest BCUT2D eigenvalue weighted by molar-refractivity contribution is 7.45. The van der Waals surface area contributed by atoms with Gasteiger partial charge in [-0.15, -0.1) is 0 Å². The van der Waals surface area contributed by atoms with E-state index in [2.05, 4.69) is 74.6 Å². The SMILES string of the molecule is CC/C=C\C/C=C\C/C=C\CCCCCC(=O)OC(COC(=O)CCCCCCC/C=C\C/C=C\CCCCC)COP(=O)([O-])OCC[N+](C)(C)C. The van der Waals surface area contributed by atoms with Crippen LogP contribution in [0.1, 0.15) is 142 Å². The smallest absolute Gasteiger partial charge is 0.306 e. The molecule has 0 saturated heterocycles. The predicted octanol–water partition coefficient (Wildman–Crippen LogP) is 10.3. The van der Waals surface area contributed by atoms with Crippen LogP contribution in [-0.2, 0) is 32.7 Å². The summed E-state index contributed by atoms with van der Waals surface area (Å²) in [5.74, 6) is -0.893. The Labute approximate surface area is 317 Å². The minimum atomic E-state index is -4.63. The number of carbonyl (C=O) groups is 2. The third-order valence-electron chi connectivity index (χ3n) is 8.02. The van der Waals surface area contributed by atoms with E-state index < -0.39 is 32.5 Å². The van der Waals surface area contributed by atoms with Crippen molar-refractivity contribution in [1.82, 2.24) is 0 Å². The monoisotopic (exact) mass is 752 g/mol. The number of esters is 2. The molecule has 2 unspecified atom stereocenters. The van der Waals surface area contributed by atoms with Crippen LogP contribution < -0.4 is 4.89 Å². The van der Waals surface area contributed by atoms with Crippen molar-refractivity contribution in [1.29, 1.82) is 0 Å². The van der Waals surface area contributed by atoms with Gasteiger partial charge in [-0.25, -0.2) is 0 Å². The maximum absolute atomic E-state index is 12.6. The van der Waals surface area contributed by atoms with E-state index in [1.807, 2.05) is 21.1 Å². The number of hydrogen-bond acceptors (Lipinski definition) is 8. The normalized spacial score (nSPS) is 14.3. The van der Waals surface area contributed by atoms with Gasteiger partial charge < -0.3 is 27.9 Å². The number of rotatable bonds is 35. The van der Waals surface area contributed by atoms with E-state index in [-0.39, 0.29) is 26.1 Å². The van der Waals surface area contributed by atoms with Gasteiger partial charge in [-0.3, -0.25) is 14.2 Å². The first kappa shape index (κ1) is 49.7. The molecule has 0 bridgehead atoms. The van der Waals surface area contributed by atoms with Gasteiger partial charge in [0.25, 0.3) is 7.82 Å². The molecule has 0 aromatic rings. The van der Waals surface area contributed by atoms with Crippen molar-refractivity contribution in [3.8, 4) is 0 Å². The Bertz CT molecular complexity index is 1080. The van der Waals surface area contributed by atoms with Crippen LogP contribution in [0, 0.1) is 0 Å². The number of quaternary nitrogens is 1. The molecule has 0 fully saturated rings. The zero-order chi connectivity index (χ0) is 38.6. The number of likely N-dealkylation sites (N-methyl/N-ethyl adjacent to an activating group) is 1. The number of unbranched alkanes of at least 4 members (excludes halogenated alkanes) is 11. The highest BCUT2D eigenvalue weighted by Crippen LogP contribution is 2.38. The van der Waals surface area contributed by atoms with Gasteiger partial charge in [0.1, 0.15) is 19.8 Å². The molecule has 10 heteroatoms. The quantitative estimate of drug-likeness (QED) is 0.0207. The van der Waals surface area contributed by atoms with Crippen molar-refractivity contribution in [2.75, 3.05) is 47.5 Å². The maximum Gasteiger partial charge on any atom is 0.306 e. The van der Waals surface area contributed by atoms with E-state index in [0.717, 1.165) is 77.0 Å². The minimum Gasteiger partial charge on any atom is -0.756 e. The zero-order valence-corrected chi connectivity index (χ0v) is 34.4. The standard InChI is InChI=1S/C42H74NO8P/c1-6-8-10-12-14-16-18-20-21-23-24-26-28-30-32-34-41(44)48-38-40(39-50-52(46,47)49-37-36-43(3,4)5)51-42(45)35-33-31-29-27-25-22-19-17-15-13-11-9-7-2/h9,11,14-17,20-22,25,40H,6-8,10,12-13,18-19,23-24,26-39H2,1-5H3/b11-9-,16-14-,17-15-,21-20-,25-22-. The van der Waals surface area contributed by atoms with Crippen molar-refractivity contribution in [3.63, 3.8) is 0 Å². The predicted molar refractivity (Wildman–Crippen MR) is 213 cm³/mol. The minimum absolute atomic E-state index is 0.0419. The molecule has 0 aliphatic heterocycles. The van der Waals surface area contributed by atoms with Crippen molar-refractivity contribution in [2.45, 2.75) is 148 Å². The Balaban J connectivity index is 4.49. The molecule has 0 radical (unpaired) electrons. The fraction of sp³-hybridized carbons (Fsp3) is 0.714. The molecule has 0 rings (SSSR count). The van der Waals surface area contributed by atoms with Gasteiger partial charge in [-0.1, -0.05) is 113 Å². The molecule has 0 spiro atoms. The molecule has 300 valence electrons. The Morgan fingerprint density at radius 1 is 0.615 bits per heavy atom. The molecule has 0 amide bonds. The maximum atomic E-state index is 12.6. The largest absolute Gasteiger partial charge is 0.756 e. The van der Waals surface area contributed by atoms with Crippen molar-refractivity contribution < 1.29 is 42.1 Å². The summed E-state index contributed by atoms with van der Waals surface area (Å²) in [6, 6.07) is 0. The molecule has 0 aromatic carbocycles. The number of ether oxygens (including phenoxy) is 2. The first-order valence-electron chi connectivity index (χ1n) is 20.0. The second kappa shape index (κ2) is 34.5. The van der Waals surface area contributed by atoms with E-state index in [0.29, 0.717) is 23.9 Å². The lowest BCUT2D eigenvalue weighted by Crippen LogP contribution is -2.37. The third kappa shape index (κ3) is 37.5. The van der Waals surface area contributed by atoms with Crippen LogP contribution in [-0.4, -0.2) is 70.0 Å². The number of carbonyl (C=O) groups excluding carboxylic acids is 2. The first-order chi connectivity index (χ1) is 25.0. The van der Waals surface area contributed by atoms with E-state index in [4.69, 9.17) is 18.5 Å². The number of phosphoric acid groups is 1.